The van der Waals surface area contributed by atoms with Crippen molar-refractivity contribution in [2.75, 3.05) is 132 Å². The van der Waals surface area contributed by atoms with Crippen molar-refractivity contribution in [1.82, 2.24) is 31.9 Å². The standard InChI is InChI=1S/C70H146N12O2/c1-5-7-9-11-13-15-17-19-21-23-25-27-29-31-33-35-61-81(3,65-45-59-79-69(83)67(77-57-43-51-73)47-39-53-75-55-41-49-71)63-37-38-64-82(4,62-36-34-32-30-28-26-24-22-20-18-16-14-12-10-8-6-2)66-46-60-80-70(84)68(78-58-44-52-74)48-40-54-76-56-42-50-72/h19-22,67-68,75-78H,5-18,23-66,71-74H2,1-4H3/p+2/b21-19+,22-20+. The van der Waals surface area contributed by atoms with Crippen molar-refractivity contribution in [3.8, 4) is 0 Å². The number of allylic oxidation sites excluding steroid dienone is 4. The van der Waals surface area contributed by atoms with E-state index in [1.54, 1.807) is 0 Å². The molecular formula is C70H148N12O2+2. The smallest absolute Gasteiger partial charge is 0.237 e. The van der Waals surface area contributed by atoms with Crippen LogP contribution in [0.3, 0.4) is 0 Å². The largest absolute Gasteiger partial charge is 0.355 e. The van der Waals surface area contributed by atoms with Crippen LogP contribution in [-0.4, -0.2) is 165 Å². The molecule has 0 saturated carbocycles. The van der Waals surface area contributed by atoms with Gasteiger partial charge in [0.2, 0.25) is 11.8 Å². The quantitative estimate of drug-likeness (QED) is 0.0158. The van der Waals surface area contributed by atoms with E-state index in [9.17, 15) is 9.59 Å². The Kier molecular flexibility index (Phi) is 62.5. The lowest BCUT2D eigenvalue weighted by molar-refractivity contribution is -0.916. The Morgan fingerprint density at radius 3 is 0.905 bits per heavy atom. The number of nitrogens with zero attached hydrogens (tertiary/aromatic N) is 2. The minimum atomic E-state index is -0.194. The van der Waals surface area contributed by atoms with Gasteiger partial charge in [-0.05, 0) is 194 Å². The van der Waals surface area contributed by atoms with Crippen LogP contribution in [0.2, 0.25) is 0 Å². The first kappa shape index (κ1) is 82.0. The van der Waals surface area contributed by atoms with Gasteiger partial charge in [-0.2, -0.15) is 0 Å². The van der Waals surface area contributed by atoms with E-state index < -0.39 is 0 Å². The number of hydrogen-bond acceptors (Lipinski definition) is 10. The first-order chi connectivity index (χ1) is 41.1. The SMILES string of the molecule is CCCCCCCC/C=C/CCCCCCCC[N+](C)(CCCC[N+](C)(CCCCCCCC/C=C/CCCCCCCC)CCCNC(=O)C(CCCNCCCN)NCCCN)CCCNC(=O)C(CCCNCCCN)NCCCN. The van der Waals surface area contributed by atoms with Gasteiger partial charge >= 0.3 is 0 Å². The van der Waals surface area contributed by atoms with Gasteiger partial charge in [0.05, 0.1) is 65.4 Å². The highest BCUT2D eigenvalue weighted by Crippen LogP contribution is 2.18. The Morgan fingerprint density at radius 2 is 0.583 bits per heavy atom. The molecule has 0 aromatic rings. The van der Waals surface area contributed by atoms with Crippen molar-refractivity contribution in [2.24, 2.45) is 22.9 Å². The van der Waals surface area contributed by atoms with Gasteiger partial charge in [-0.3, -0.25) is 9.59 Å². The lowest BCUT2D eigenvalue weighted by Gasteiger charge is -2.37. The molecule has 0 spiro atoms. The molecule has 4 unspecified atom stereocenters. The van der Waals surface area contributed by atoms with E-state index in [1.165, 1.54) is 219 Å². The number of nitrogens with two attached hydrogens (primary N) is 4. The van der Waals surface area contributed by atoms with Gasteiger partial charge in [-0.25, -0.2) is 0 Å². The van der Waals surface area contributed by atoms with E-state index in [0.29, 0.717) is 39.3 Å². The summed E-state index contributed by atoms with van der Waals surface area (Å²) in [5.41, 5.74) is 23.0. The van der Waals surface area contributed by atoms with Gasteiger partial charge in [0.1, 0.15) is 0 Å². The fourth-order valence-corrected chi connectivity index (χ4v) is 11.7. The lowest BCUT2D eigenvalue weighted by Crippen LogP contribution is -2.50. The lowest BCUT2D eigenvalue weighted by atomic mass is 10.1. The number of carbonyl (C=O) groups is 2. The van der Waals surface area contributed by atoms with Crippen LogP contribution in [0, 0.1) is 0 Å². The molecule has 0 bridgehead atoms. The molecule has 0 aromatic heterocycles. The third-order valence-electron chi connectivity index (χ3n) is 17.4. The molecule has 0 aliphatic rings. The molecule has 498 valence electrons. The van der Waals surface area contributed by atoms with E-state index in [4.69, 9.17) is 22.9 Å². The summed E-state index contributed by atoms with van der Waals surface area (Å²) in [5.74, 6) is 0.243. The van der Waals surface area contributed by atoms with Crippen LogP contribution in [0.15, 0.2) is 24.3 Å². The molecule has 0 aliphatic heterocycles. The van der Waals surface area contributed by atoms with Crippen LogP contribution in [0.25, 0.3) is 0 Å². The van der Waals surface area contributed by atoms with E-state index in [2.05, 4.69) is 84.1 Å². The van der Waals surface area contributed by atoms with Crippen molar-refractivity contribution in [3.05, 3.63) is 24.3 Å². The van der Waals surface area contributed by atoms with Crippen LogP contribution in [0.1, 0.15) is 271 Å². The van der Waals surface area contributed by atoms with Crippen molar-refractivity contribution in [2.45, 2.75) is 283 Å². The summed E-state index contributed by atoms with van der Waals surface area (Å²) in [7, 11) is 4.99. The van der Waals surface area contributed by atoms with Gasteiger partial charge < -0.3 is 63.8 Å². The van der Waals surface area contributed by atoms with Crippen molar-refractivity contribution >= 4 is 11.8 Å². The van der Waals surface area contributed by atoms with E-state index >= 15 is 0 Å². The second-order valence-electron chi connectivity index (χ2n) is 25.8. The van der Waals surface area contributed by atoms with E-state index in [-0.39, 0.29) is 23.9 Å². The average Bonchev–Trinajstić information content (AvgIpc) is 3.64. The van der Waals surface area contributed by atoms with Crippen LogP contribution in [0.4, 0.5) is 0 Å². The number of hydrogen-bond donors (Lipinski definition) is 10. The number of quaternary nitrogens is 2. The fraction of sp³-hybridized carbons (Fsp3) is 0.914. The summed E-state index contributed by atoms with van der Waals surface area (Å²) in [5, 5.41) is 20.6. The first-order valence-electron chi connectivity index (χ1n) is 36.3. The maximum atomic E-state index is 13.6. The summed E-state index contributed by atoms with van der Waals surface area (Å²) >= 11 is 0. The third kappa shape index (κ3) is 55.3. The highest BCUT2D eigenvalue weighted by Gasteiger charge is 2.25. The number of rotatable bonds is 69. The Morgan fingerprint density at radius 1 is 0.321 bits per heavy atom. The summed E-state index contributed by atoms with van der Waals surface area (Å²) in [6.07, 6.45) is 58.5. The molecule has 0 aromatic carbocycles. The molecule has 14 N–H and O–H groups in total. The Hall–Kier alpha value is -1.98. The molecular weight excluding hydrogens is 1040 g/mol. The molecule has 0 saturated heterocycles. The maximum absolute atomic E-state index is 13.6. The average molecular weight is 1190 g/mol. The highest BCUT2D eigenvalue weighted by molar-refractivity contribution is 5.82. The second kappa shape index (κ2) is 64.0. The van der Waals surface area contributed by atoms with E-state index in [1.807, 2.05) is 0 Å². The second-order valence-corrected chi connectivity index (χ2v) is 25.8. The molecule has 4 atom stereocenters. The van der Waals surface area contributed by atoms with Crippen molar-refractivity contribution in [1.29, 1.82) is 0 Å². The van der Waals surface area contributed by atoms with Crippen molar-refractivity contribution < 1.29 is 18.6 Å². The number of unbranched alkanes of at least 4 members (excludes halogenated alkanes) is 25. The molecule has 84 heavy (non-hydrogen) atoms. The van der Waals surface area contributed by atoms with Crippen LogP contribution in [0.5, 0.6) is 0 Å². The molecule has 14 nitrogen and oxygen atoms in total. The topological polar surface area (TPSA) is 210 Å². The van der Waals surface area contributed by atoms with Gasteiger partial charge in [0.25, 0.3) is 0 Å². The van der Waals surface area contributed by atoms with Gasteiger partial charge in [-0.15, -0.1) is 0 Å². The predicted octanol–water partition coefficient (Wildman–Crippen LogP) is 11.8. The Bertz CT molecular complexity index is 1340. The van der Waals surface area contributed by atoms with Crippen LogP contribution in [-0.2, 0) is 9.59 Å². The Labute approximate surface area is 521 Å². The molecule has 14 heteroatoms. The minimum absolute atomic E-state index is 0.121. The number of carbonyl (C=O) groups excluding carboxylic acids is 2. The summed E-state index contributed by atoms with van der Waals surface area (Å²) in [6, 6.07) is -0.388. The van der Waals surface area contributed by atoms with Gasteiger partial charge in [0.15, 0.2) is 0 Å². The monoisotopic (exact) mass is 1190 g/mol. The zero-order valence-corrected chi connectivity index (χ0v) is 56.5. The summed E-state index contributed by atoms with van der Waals surface area (Å²) in [4.78, 5) is 27.2. The highest BCUT2D eigenvalue weighted by atomic mass is 16.2. The molecule has 0 rings (SSSR count). The number of amides is 2. The molecule has 0 aliphatic carbocycles. The Balaban J connectivity index is 5.69. The van der Waals surface area contributed by atoms with Crippen LogP contribution >= 0.6 is 0 Å². The summed E-state index contributed by atoms with van der Waals surface area (Å²) in [6.45, 7) is 20.7. The molecule has 0 fully saturated rings. The number of nitrogens with one attached hydrogen (secondary N) is 6. The zero-order valence-electron chi connectivity index (χ0n) is 56.5. The van der Waals surface area contributed by atoms with E-state index in [0.717, 1.165) is 126 Å². The normalized spacial score (nSPS) is 14.1. The minimum Gasteiger partial charge on any atom is -0.355 e. The van der Waals surface area contributed by atoms with Crippen molar-refractivity contribution in [3.63, 3.8) is 0 Å². The molecule has 2 amide bonds. The molecule has 0 radical (unpaired) electrons. The first-order valence-corrected chi connectivity index (χ1v) is 36.3. The van der Waals surface area contributed by atoms with Gasteiger partial charge in [0, 0.05) is 38.8 Å². The third-order valence-corrected chi connectivity index (χ3v) is 17.4. The van der Waals surface area contributed by atoms with Gasteiger partial charge in [-0.1, -0.05) is 141 Å². The fourth-order valence-electron chi connectivity index (χ4n) is 11.7. The van der Waals surface area contributed by atoms with Crippen LogP contribution < -0.4 is 54.8 Å². The zero-order chi connectivity index (χ0) is 61.4. The molecule has 0 heterocycles. The maximum Gasteiger partial charge on any atom is 0.237 e. The summed E-state index contributed by atoms with van der Waals surface area (Å²) < 4.78 is 2.14. The predicted molar refractivity (Wildman–Crippen MR) is 367 cm³/mol.